The zero-order valence-electron chi connectivity index (χ0n) is 13.7. The average Bonchev–Trinajstić information content (AvgIpc) is 3.15. The van der Waals surface area contributed by atoms with E-state index in [9.17, 15) is 9.18 Å². The van der Waals surface area contributed by atoms with Crippen molar-refractivity contribution in [3.63, 3.8) is 0 Å². The van der Waals surface area contributed by atoms with E-state index in [0.29, 0.717) is 12.4 Å². The molecular weight excluding hydrogens is 315 g/mol. The number of ether oxygens (including phenoxy) is 2. The second kappa shape index (κ2) is 7.04. The van der Waals surface area contributed by atoms with Crippen molar-refractivity contribution in [3.05, 3.63) is 24.0 Å². The number of halogens is 1. The van der Waals surface area contributed by atoms with Gasteiger partial charge in [0.25, 0.3) is 0 Å². The Morgan fingerprint density at radius 3 is 3.08 bits per heavy atom. The zero-order valence-corrected chi connectivity index (χ0v) is 13.7. The molecule has 1 aliphatic heterocycles. The van der Waals surface area contributed by atoms with Crippen LogP contribution in [0.5, 0.6) is 5.75 Å². The summed E-state index contributed by atoms with van der Waals surface area (Å²) in [7, 11) is 1.60. The molecule has 0 radical (unpaired) electrons. The molecule has 0 bridgehead atoms. The summed E-state index contributed by atoms with van der Waals surface area (Å²) in [6.07, 6.45) is -1.84. The number of hydrogen-bond acceptors (Lipinski definition) is 4. The molecule has 24 heavy (non-hydrogen) atoms. The Kier molecular flexibility index (Phi) is 4.84. The van der Waals surface area contributed by atoms with Crippen LogP contribution in [0.3, 0.4) is 0 Å². The van der Waals surface area contributed by atoms with E-state index < -0.39 is 12.3 Å². The number of imidazole rings is 1. The van der Waals surface area contributed by atoms with Gasteiger partial charge < -0.3 is 24.7 Å². The van der Waals surface area contributed by atoms with Gasteiger partial charge in [0.05, 0.1) is 31.2 Å². The molecule has 0 unspecified atom stereocenters. The number of fused-ring (bicyclic) bond motifs is 1. The summed E-state index contributed by atoms with van der Waals surface area (Å²) >= 11 is 0. The van der Waals surface area contributed by atoms with Gasteiger partial charge in [-0.05, 0) is 19.1 Å². The molecule has 7 nitrogen and oxygen atoms in total. The number of nitrogens with zero attached hydrogens (tertiary/aromatic N) is 2. The highest BCUT2D eigenvalue weighted by molar-refractivity contribution is 5.76. The summed E-state index contributed by atoms with van der Waals surface area (Å²) < 4.78 is 24.8. The lowest BCUT2D eigenvalue weighted by atomic mass is 10.3. The van der Waals surface area contributed by atoms with E-state index in [2.05, 4.69) is 15.3 Å². The SMILES string of the molecule is CCNC(=O)N1C[C@@H](F)[C@@H](OCc2nc3ccc(OC)cc3[nH]2)C1. The lowest BCUT2D eigenvalue weighted by molar-refractivity contribution is 0.00952. The number of alkyl halides is 1. The van der Waals surface area contributed by atoms with Gasteiger partial charge in [0.1, 0.15) is 30.5 Å². The summed E-state index contributed by atoms with van der Waals surface area (Å²) in [4.78, 5) is 20.7. The first kappa shape index (κ1) is 16.5. The van der Waals surface area contributed by atoms with Crippen LogP contribution in [0, 0.1) is 0 Å². The van der Waals surface area contributed by atoms with Crippen LogP contribution in [0.1, 0.15) is 12.7 Å². The van der Waals surface area contributed by atoms with Crippen LogP contribution < -0.4 is 10.1 Å². The second-order valence-electron chi connectivity index (χ2n) is 5.67. The fraction of sp³-hybridized carbons (Fsp3) is 0.500. The van der Waals surface area contributed by atoms with E-state index in [4.69, 9.17) is 9.47 Å². The Morgan fingerprint density at radius 2 is 2.33 bits per heavy atom. The Hall–Kier alpha value is -2.35. The van der Waals surface area contributed by atoms with Crippen LogP contribution in [-0.4, -0.2) is 59.9 Å². The lowest BCUT2D eigenvalue weighted by Gasteiger charge is -2.16. The number of hydrogen-bond donors (Lipinski definition) is 2. The number of nitrogens with one attached hydrogen (secondary N) is 2. The van der Waals surface area contributed by atoms with E-state index in [-0.39, 0.29) is 25.7 Å². The zero-order chi connectivity index (χ0) is 17.1. The van der Waals surface area contributed by atoms with E-state index in [0.717, 1.165) is 16.8 Å². The summed E-state index contributed by atoms with van der Waals surface area (Å²) in [5, 5.41) is 2.67. The number of aromatic nitrogens is 2. The monoisotopic (exact) mass is 336 g/mol. The minimum atomic E-state index is -1.20. The minimum Gasteiger partial charge on any atom is -0.497 e. The summed E-state index contributed by atoms with van der Waals surface area (Å²) in [5.74, 6) is 1.35. The van der Waals surface area contributed by atoms with Crippen molar-refractivity contribution in [3.8, 4) is 5.75 Å². The molecule has 1 aromatic carbocycles. The normalized spacial score (nSPS) is 20.5. The van der Waals surface area contributed by atoms with Crippen molar-refractivity contribution in [1.82, 2.24) is 20.2 Å². The van der Waals surface area contributed by atoms with Gasteiger partial charge >= 0.3 is 6.03 Å². The summed E-state index contributed by atoms with van der Waals surface area (Å²) in [6, 6.07) is 5.25. The molecular formula is C16H21FN4O3. The van der Waals surface area contributed by atoms with Crippen molar-refractivity contribution in [1.29, 1.82) is 0 Å². The Labute approximate surface area is 139 Å². The smallest absolute Gasteiger partial charge is 0.317 e. The van der Waals surface area contributed by atoms with Crippen LogP contribution in [-0.2, 0) is 11.3 Å². The number of rotatable bonds is 5. The maximum absolute atomic E-state index is 14.1. The first-order valence-corrected chi connectivity index (χ1v) is 7.91. The molecule has 1 fully saturated rings. The van der Waals surface area contributed by atoms with Crippen molar-refractivity contribution in [2.45, 2.75) is 25.8 Å². The van der Waals surface area contributed by atoms with Crippen LogP contribution in [0.4, 0.5) is 9.18 Å². The third-order valence-corrected chi connectivity index (χ3v) is 3.99. The predicted molar refractivity (Wildman–Crippen MR) is 86.8 cm³/mol. The van der Waals surface area contributed by atoms with Gasteiger partial charge in [-0.15, -0.1) is 0 Å². The van der Waals surface area contributed by atoms with Crippen molar-refractivity contribution in [2.75, 3.05) is 26.7 Å². The highest BCUT2D eigenvalue weighted by Crippen LogP contribution is 2.21. The largest absolute Gasteiger partial charge is 0.497 e. The van der Waals surface area contributed by atoms with E-state index in [1.807, 2.05) is 25.1 Å². The number of aromatic amines is 1. The first-order valence-electron chi connectivity index (χ1n) is 7.91. The van der Waals surface area contributed by atoms with Gasteiger partial charge in [-0.1, -0.05) is 0 Å². The number of urea groups is 1. The molecule has 3 rings (SSSR count). The Balaban J connectivity index is 1.60. The van der Waals surface area contributed by atoms with E-state index >= 15 is 0 Å². The molecule has 8 heteroatoms. The van der Waals surface area contributed by atoms with Gasteiger partial charge in [-0.2, -0.15) is 0 Å². The van der Waals surface area contributed by atoms with Gasteiger partial charge in [0, 0.05) is 12.6 Å². The average molecular weight is 336 g/mol. The molecule has 1 aromatic heterocycles. The molecule has 130 valence electrons. The van der Waals surface area contributed by atoms with Crippen LogP contribution in [0.15, 0.2) is 18.2 Å². The number of H-pyrrole nitrogens is 1. The molecule has 0 aliphatic carbocycles. The molecule has 2 atom stereocenters. The molecule has 0 saturated carbocycles. The third-order valence-electron chi connectivity index (χ3n) is 3.99. The second-order valence-corrected chi connectivity index (χ2v) is 5.67. The fourth-order valence-electron chi connectivity index (χ4n) is 2.74. The van der Waals surface area contributed by atoms with Gasteiger partial charge in [-0.25, -0.2) is 14.2 Å². The van der Waals surface area contributed by atoms with Crippen molar-refractivity contribution in [2.24, 2.45) is 0 Å². The molecule has 0 spiro atoms. The molecule has 2 aromatic rings. The molecule has 2 heterocycles. The van der Waals surface area contributed by atoms with Crippen molar-refractivity contribution >= 4 is 17.1 Å². The molecule has 2 N–H and O–H groups in total. The summed E-state index contributed by atoms with van der Waals surface area (Å²) in [5.41, 5.74) is 1.63. The quantitative estimate of drug-likeness (QED) is 0.873. The number of methoxy groups -OCH3 is 1. The van der Waals surface area contributed by atoms with Crippen LogP contribution in [0.2, 0.25) is 0 Å². The first-order chi connectivity index (χ1) is 11.6. The number of carbonyl (C=O) groups excluding carboxylic acids is 1. The number of amides is 2. The maximum Gasteiger partial charge on any atom is 0.317 e. The third kappa shape index (κ3) is 3.43. The maximum atomic E-state index is 14.1. The topological polar surface area (TPSA) is 79.5 Å². The number of carbonyl (C=O) groups is 1. The number of benzene rings is 1. The standard InChI is InChI=1S/C16H21FN4O3/c1-3-18-16(22)21-7-11(17)14(8-21)24-9-15-19-12-5-4-10(23-2)6-13(12)20-15/h4-6,11,14H,3,7-9H2,1-2H3,(H,18,22)(H,19,20)/t11-,14+/m1/s1. The Bertz CT molecular complexity index is 720. The van der Waals surface area contributed by atoms with Crippen LogP contribution >= 0.6 is 0 Å². The Morgan fingerprint density at radius 1 is 1.50 bits per heavy atom. The van der Waals surface area contributed by atoms with Crippen molar-refractivity contribution < 1.29 is 18.7 Å². The van der Waals surface area contributed by atoms with Gasteiger partial charge in [0.15, 0.2) is 0 Å². The molecule has 1 saturated heterocycles. The lowest BCUT2D eigenvalue weighted by Crippen LogP contribution is -2.39. The van der Waals surface area contributed by atoms with Gasteiger partial charge in [0.2, 0.25) is 0 Å². The van der Waals surface area contributed by atoms with Crippen LogP contribution in [0.25, 0.3) is 11.0 Å². The minimum absolute atomic E-state index is 0.0494. The molecule has 2 amide bonds. The highest BCUT2D eigenvalue weighted by atomic mass is 19.1. The highest BCUT2D eigenvalue weighted by Gasteiger charge is 2.36. The molecule has 1 aliphatic rings. The summed E-state index contributed by atoms with van der Waals surface area (Å²) in [6.45, 7) is 2.78. The van der Waals surface area contributed by atoms with E-state index in [1.165, 1.54) is 4.90 Å². The van der Waals surface area contributed by atoms with Gasteiger partial charge in [-0.3, -0.25) is 0 Å². The predicted octanol–water partition coefficient (Wildman–Crippen LogP) is 1.84. The van der Waals surface area contributed by atoms with E-state index in [1.54, 1.807) is 7.11 Å². The number of likely N-dealkylation sites (tertiary alicyclic amines) is 1. The fourth-order valence-corrected chi connectivity index (χ4v) is 2.74.